The van der Waals surface area contributed by atoms with Crippen LogP contribution in [0.25, 0.3) is 11.3 Å². The maximum absolute atomic E-state index is 13.6. The molecule has 0 bridgehead atoms. The smallest absolute Gasteiger partial charge is 0.243 e. The fraction of sp³-hybridized carbons (Fsp3) is 0.462. The van der Waals surface area contributed by atoms with Crippen LogP contribution in [0.4, 0.5) is 0 Å². The van der Waals surface area contributed by atoms with Crippen molar-refractivity contribution in [3.05, 3.63) is 60.7 Å². The predicted molar refractivity (Wildman–Crippen MR) is 138 cm³/mol. The average molecular weight is 517 g/mol. The largest absolute Gasteiger partial charge is 0.439 e. The van der Waals surface area contributed by atoms with Gasteiger partial charge in [0, 0.05) is 18.7 Å². The first-order valence-corrected chi connectivity index (χ1v) is 13.6. The summed E-state index contributed by atoms with van der Waals surface area (Å²) in [5.41, 5.74) is 0.712. The number of hydrogen-bond donors (Lipinski definition) is 3. The Morgan fingerprint density at radius 1 is 1.22 bits per heavy atom. The molecule has 9 nitrogen and oxygen atoms in total. The van der Waals surface area contributed by atoms with Crippen molar-refractivity contribution in [2.45, 2.75) is 50.3 Å². The molecule has 1 unspecified atom stereocenters. The van der Waals surface area contributed by atoms with Gasteiger partial charge in [-0.1, -0.05) is 38.2 Å². The number of aliphatic hydroxyl groups is 1. The van der Waals surface area contributed by atoms with Crippen LogP contribution >= 0.6 is 0 Å². The first-order valence-electron chi connectivity index (χ1n) is 12.2. The van der Waals surface area contributed by atoms with Gasteiger partial charge in [-0.05, 0) is 56.0 Å². The summed E-state index contributed by atoms with van der Waals surface area (Å²) in [4.78, 5) is 15.5. The van der Waals surface area contributed by atoms with Crippen LogP contribution in [0.15, 0.2) is 64.1 Å². The standard InChI is InChI=1S/C26H36N4O5S/c1-19(2)16-30(17-24(32)23(29-18-31)13-20-7-5-4-6-8-20)36(33,34)22-11-9-21(10-12-22)25-14-28-26(35-25)15-27-3/h4-7,9-12,14,18-20,23-24,27,32H,8,13,15-17H2,1-3H3,(H,29,31)/t20?,23-,24+/m0/s1. The van der Waals surface area contributed by atoms with Crippen LogP contribution in [-0.4, -0.2) is 61.5 Å². The van der Waals surface area contributed by atoms with Crippen molar-refractivity contribution in [3.8, 4) is 11.3 Å². The first-order chi connectivity index (χ1) is 17.2. The quantitative estimate of drug-likeness (QED) is 0.330. The number of carbonyl (C=O) groups excluding carboxylic acids is 1. The molecule has 1 aromatic heterocycles. The third-order valence-electron chi connectivity index (χ3n) is 5.99. The fourth-order valence-electron chi connectivity index (χ4n) is 4.19. The normalized spacial score (nSPS) is 17.4. The van der Waals surface area contributed by atoms with Gasteiger partial charge in [0.1, 0.15) is 0 Å². The molecule has 0 saturated carbocycles. The minimum atomic E-state index is -3.90. The second-order valence-corrected chi connectivity index (χ2v) is 11.3. The van der Waals surface area contributed by atoms with E-state index < -0.39 is 22.2 Å². The van der Waals surface area contributed by atoms with Gasteiger partial charge >= 0.3 is 0 Å². The van der Waals surface area contributed by atoms with E-state index in [4.69, 9.17) is 4.42 Å². The Kier molecular flexibility index (Phi) is 10.0. The molecule has 0 saturated heterocycles. The van der Waals surface area contributed by atoms with E-state index in [9.17, 15) is 18.3 Å². The summed E-state index contributed by atoms with van der Waals surface area (Å²) in [6.45, 7) is 4.44. The maximum Gasteiger partial charge on any atom is 0.243 e. The van der Waals surface area contributed by atoms with E-state index in [0.717, 1.165) is 6.42 Å². The average Bonchev–Trinajstić information content (AvgIpc) is 3.33. The summed E-state index contributed by atoms with van der Waals surface area (Å²) in [5, 5.41) is 16.7. The molecule has 0 aliphatic heterocycles. The second kappa shape index (κ2) is 13.0. The molecule has 196 valence electrons. The summed E-state index contributed by atoms with van der Waals surface area (Å²) in [7, 11) is -2.10. The van der Waals surface area contributed by atoms with Gasteiger partial charge in [0.25, 0.3) is 0 Å². The summed E-state index contributed by atoms with van der Waals surface area (Å²) in [5.74, 6) is 1.29. The van der Waals surface area contributed by atoms with Crippen molar-refractivity contribution >= 4 is 16.4 Å². The van der Waals surface area contributed by atoms with Crippen molar-refractivity contribution in [1.82, 2.24) is 19.9 Å². The predicted octanol–water partition coefficient (Wildman–Crippen LogP) is 2.71. The summed E-state index contributed by atoms with van der Waals surface area (Å²) in [6, 6.07) is 5.85. The van der Waals surface area contributed by atoms with Crippen molar-refractivity contribution in [1.29, 1.82) is 0 Å². The van der Waals surface area contributed by atoms with E-state index in [-0.39, 0.29) is 29.8 Å². The molecule has 3 rings (SSSR count). The third kappa shape index (κ3) is 7.36. The van der Waals surface area contributed by atoms with Gasteiger partial charge in [0.2, 0.25) is 22.3 Å². The Morgan fingerprint density at radius 2 is 1.97 bits per heavy atom. The van der Waals surface area contributed by atoms with Gasteiger partial charge < -0.3 is 20.2 Å². The molecule has 0 fully saturated rings. The van der Waals surface area contributed by atoms with Crippen LogP contribution < -0.4 is 10.6 Å². The van der Waals surface area contributed by atoms with Gasteiger partial charge in [-0.15, -0.1) is 0 Å². The zero-order valence-electron chi connectivity index (χ0n) is 21.0. The molecule has 1 heterocycles. The Morgan fingerprint density at radius 3 is 2.58 bits per heavy atom. The lowest BCUT2D eigenvalue weighted by atomic mass is 9.91. The molecular formula is C26H36N4O5S. The molecule has 3 atom stereocenters. The number of sulfonamides is 1. The van der Waals surface area contributed by atoms with Crippen molar-refractivity contribution in [2.24, 2.45) is 11.8 Å². The Balaban J connectivity index is 1.78. The zero-order valence-corrected chi connectivity index (χ0v) is 21.8. The number of benzene rings is 1. The zero-order chi connectivity index (χ0) is 26.1. The van der Waals surface area contributed by atoms with Crippen LogP contribution in [0.5, 0.6) is 0 Å². The van der Waals surface area contributed by atoms with E-state index in [1.54, 1.807) is 25.4 Å². The minimum Gasteiger partial charge on any atom is -0.439 e. The lowest BCUT2D eigenvalue weighted by Crippen LogP contribution is -2.49. The highest BCUT2D eigenvalue weighted by molar-refractivity contribution is 7.89. The summed E-state index contributed by atoms with van der Waals surface area (Å²) < 4.78 is 34.1. The van der Waals surface area contributed by atoms with Gasteiger partial charge in [0.15, 0.2) is 5.76 Å². The van der Waals surface area contributed by atoms with Crippen LogP contribution in [-0.2, 0) is 21.4 Å². The van der Waals surface area contributed by atoms with E-state index in [1.165, 1.54) is 16.4 Å². The number of nitrogens with one attached hydrogen (secondary N) is 2. The third-order valence-corrected chi connectivity index (χ3v) is 7.84. The number of aromatic nitrogens is 1. The topological polar surface area (TPSA) is 125 Å². The molecule has 3 N–H and O–H groups in total. The highest BCUT2D eigenvalue weighted by Gasteiger charge is 2.31. The van der Waals surface area contributed by atoms with Crippen molar-refractivity contribution < 1.29 is 22.7 Å². The first kappa shape index (κ1) is 27.8. The lowest BCUT2D eigenvalue weighted by molar-refractivity contribution is -0.111. The van der Waals surface area contributed by atoms with E-state index >= 15 is 0 Å². The van der Waals surface area contributed by atoms with E-state index in [1.807, 2.05) is 38.2 Å². The van der Waals surface area contributed by atoms with Crippen molar-refractivity contribution in [2.75, 3.05) is 20.1 Å². The molecule has 1 amide bonds. The second-order valence-electron chi connectivity index (χ2n) is 9.39. The molecule has 1 aliphatic rings. The van der Waals surface area contributed by atoms with Crippen molar-refractivity contribution in [3.63, 3.8) is 0 Å². The number of nitrogens with zero attached hydrogens (tertiary/aromatic N) is 2. The molecule has 1 aromatic carbocycles. The molecule has 0 radical (unpaired) electrons. The molecule has 10 heteroatoms. The molecule has 1 aliphatic carbocycles. The molecule has 2 aromatic rings. The van der Waals surface area contributed by atoms with E-state index in [0.29, 0.717) is 36.6 Å². The number of carbonyl (C=O) groups is 1. The molecule has 36 heavy (non-hydrogen) atoms. The minimum absolute atomic E-state index is 0.0370. The number of aliphatic hydroxyl groups excluding tert-OH is 1. The van der Waals surface area contributed by atoms with Gasteiger partial charge in [-0.3, -0.25) is 4.79 Å². The Bertz CT molecular complexity index is 1140. The van der Waals surface area contributed by atoms with Crippen LogP contribution in [0.1, 0.15) is 32.6 Å². The molecule has 0 spiro atoms. The van der Waals surface area contributed by atoms with Gasteiger partial charge in [-0.2, -0.15) is 4.31 Å². The maximum atomic E-state index is 13.6. The highest BCUT2D eigenvalue weighted by atomic mass is 32.2. The Labute approximate surface area is 213 Å². The number of allylic oxidation sites excluding steroid dienone is 4. The SMILES string of the molecule is CNCc1ncc(-c2ccc(S(=O)(=O)N(CC(C)C)C[C@@H](O)[C@H](CC3C=CC=CC3)NC=O)cc2)o1. The number of oxazole rings is 1. The van der Waals surface area contributed by atoms with Gasteiger partial charge in [-0.25, -0.2) is 13.4 Å². The molecular weight excluding hydrogens is 480 g/mol. The Hall–Kier alpha value is -2.79. The fourth-order valence-corrected chi connectivity index (χ4v) is 5.81. The lowest BCUT2D eigenvalue weighted by Gasteiger charge is -2.31. The van der Waals surface area contributed by atoms with Gasteiger partial charge in [0.05, 0.1) is 29.8 Å². The number of hydrogen-bond acceptors (Lipinski definition) is 7. The summed E-state index contributed by atoms with van der Waals surface area (Å²) in [6.07, 6.45) is 10.4. The van der Waals surface area contributed by atoms with Crippen LogP contribution in [0.3, 0.4) is 0 Å². The van der Waals surface area contributed by atoms with Crippen LogP contribution in [0, 0.1) is 11.8 Å². The number of amides is 1. The highest BCUT2D eigenvalue weighted by Crippen LogP contribution is 2.25. The summed E-state index contributed by atoms with van der Waals surface area (Å²) >= 11 is 0. The van der Waals surface area contributed by atoms with E-state index in [2.05, 4.69) is 15.6 Å². The monoisotopic (exact) mass is 516 g/mol. The number of rotatable bonds is 14. The van der Waals surface area contributed by atoms with Crippen LogP contribution in [0.2, 0.25) is 0 Å².